The minimum Gasteiger partial charge on any atom is -0.493 e. The third kappa shape index (κ3) is 8.09. The van der Waals surface area contributed by atoms with E-state index in [0.717, 1.165) is 23.8 Å². The van der Waals surface area contributed by atoms with Crippen LogP contribution in [0.1, 0.15) is 25.0 Å². The molecule has 0 aliphatic heterocycles. The maximum atomic E-state index is 12.8. The number of nitro groups is 1. The number of sulfonamides is 1. The molecule has 0 saturated heterocycles. The number of hydrogen-bond acceptors (Lipinski definition) is 10. The third-order valence-electron chi connectivity index (χ3n) is 5.66. The van der Waals surface area contributed by atoms with Crippen LogP contribution in [0.4, 0.5) is 5.69 Å². The predicted octanol–water partition coefficient (Wildman–Crippen LogP) is 3.13. The summed E-state index contributed by atoms with van der Waals surface area (Å²) < 4.78 is 63.6. The standard InChI is InChI=1S/C26H28N4O9S2/c1-17(2)25(29-40(34,35)21-11-8-18(3)9-12-21)26(31)28-27-16-19-10-13-23(24(14-19)38-4)39-41(36,37)22-7-5-6-20(15-22)30(32)33/h5-17,25,29H,1-4H3,(H,28,31)/b27-16-/t25-/m1/s1. The number of hydrazone groups is 1. The molecule has 0 spiro atoms. The van der Waals surface area contributed by atoms with Crippen LogP contribution in [-0.4, -0.2) is 47.0 Å². The van der Waals surface area contributed by atoms with Crippen LogP contribution < -0.4 is 19.1 Å². The number of hydrogen-bond donors (Lipinski definition) is 2. The van der Waals surface area contributed by atoms with Gasteiger partial charge in [-0.1, -0.05) is 37.6 Å². The largest absolute Gasteiger partial charge is 0.493 e. The molecule has 0 radical (unpaired) electrons. The number of carbonyl (C=O) groups excluding carboxylic acids is 1. The fraction of sp³-hybridized carbons (Fsp3) is 0.231. The lowest BCUT2D eigenvalue weighted by Crippen LogP contribution is -2.48. The van der Waals surface area contributed by atoms with E-state index in [1.165, 1.54) is 49.7 Å². The number of nitrogens with zero attached hydrogens (tertiary/aromatic N) is 2. The first kappa shape index (κ1) is 31.2. The molecule has 0 aromatic heterocycles. The quantitative estimate of drug-likeness (QED) is 0.136. The Kier molecular flexibility index (Phi) is 9.80. The first-order valence-corrected chi connectivity index (χ1v) is 14.9. The van der Waals surface area contributed by atoms with E-state index in [1.807, 2.05) is 6.92 Å². The van der Waals surface area contributed by atoms with E-state index < -0.39 is 53.5 Å². The van der Waals surface area contributed by atoms with E-state index in [2.05, 4.69) is 15.2 Å². The van der Waals surface area contributed by atoms with Crippen molar-refractivity contribution in [2.75, 3.05) is 7.11 Å². The Balaban J connectivity index is 1.72. The summed E-state index contributed by atoms with van der Waals surface area (Å²) in [5, 5.41) is 14.9. The SMILES string of the molecule is COc1cc(/C=N\NC(=O)[C@H](NS(=O)(=O)c2ccc(C)cc2)C(C)C)ccc1OS(=O)(=O)c1cccc([N+](=O)[O-])c1. The lowest BCUT2D eigenvalue weighted by molar-refractivity contribution is -0.385. The van der Waals surface area contributed by atoms with Crippen molar-refractivity contribution in [3.63, 3.8) is 0 Å². The Morgan fingerprint density at radius 1 is 0.976 bits per heavy atom. The van der Waals surface area contributed by atoms with Gasteiger partial charge in [0.25, 0.3) is 11.6 Å². The second-order valence-electron chi connectivity index (χ2n) is 9.09. The molecule has 0 heterocycles. The van der Waals surface area contributed by atoms with Crippen molar-refractivity contribution in [2.24, 2.45) is 11.0 Å². The Labute approximate surface area is 237 Å². The van der Waals surface area contributed by atoms with Crippen molar-refractivity contribution in [3.05, 3.63) is 88.0 Å². The van der Waals surface area contributed by atoms with Gasteiger partial charge in [-0.2, -0.15) is 18.2 Å². The highest BCUT2D eigenvalue weighted by Gasteiger charge is 2.28. The van der Waals surface area contributed by atoms with Gasteiger partial charge in [0.15, 0.2) is 11.5 Å². The molecule has 1 amide bonds. The van der Waals surface area contributed by atoms with Crippen LogP contribution in [0.5, 0.6) is 11.5 Å². The van der Waals surface area contributed by atoms with Gasteiger partial charge < -0.3 is 8.92 Å². The molecular formula is C26H28N4O9S2. The highest BCUT2D eigenvalue weighted by atomic mass is 32.2. The summed E-state index contributed by atoms with van der Waals surface area (Å²) in [5.74, 6) is -1.29. The Hall–Kier alpha value is -4.34. The summed E-state index contributed by atoms with van der Waals surface area (Å²) in [7, 11) is -7.13. The molecular weight excluding hydrogens is 576 g/mol. The van der Waals surface area contributed by atoms with Crippen LogP contribution in [0.2, 0.25) is 0 Å². The van der Waals surface area contributed by atoms with Gasteiger partial charge >= 0.3 is 10.1 Å². The van der Waals surface area contributed by atoms with Gasteiger partial charge in [0.2, 0.25) is 10.0 Å². The van der Waals surface area contributed by atoms with Crippen LogP contribution >= 0.6 is 0 Å². The molecule has 3 rings (SSSR count). The number of benzene rings is 3. The first-order chi connectivity index (χ1) is 19.2. The molecule has 0 saturated carbocycles. The summed E-state index contributed by atoms with van der Waals surface area (Å²) in [6.45, 7) is 5.18. The molecule has 0 unspecified atom stereocenters. The number of carbonyl (C=O) groups is 1. The van der Waals surface area contributed by atoms with E-state index in [4.69, 9.17) is 8.92 Å². The number of nitro benzene ring substituents is 1. The molecule has 41 heavy (non-hydrogen) atoms. The average Bonchev–Trinajstić information content (AvgIpc) is 2.92. The predicted molar refractivity (Wildman–Crippen MR) is 150 cm³/mol. The Morgan fingerprint density at radius 3 is 2.27 bits per heavy atom. The first-order valence-electron chi connectivity index (χ1n) is 12.0. The van der Waals surface area contributed by atoms with Crippen molar-refractivity contribution in [2.45, 2.75) is 36.6 Å². The van der Waals surface area contributed by atoms with Crippen LogP contribution in [-0.2, 0) is 24.9 Å². The zero-order valence-corrected chi connectivity index (χ0v) is 24.1. The third-order valence-corrected chi connectivity index (χ3v) is 8.34. The van der Waals surface area contributed by atoms with Gasteiger partial charge in [0.1, 0.15) is 10.9 Å². The number of methoxy groups -OCH3 is 1. The molecule has 0 bridgehead atoms. The molecule has 218 valence electrons. The van der Waals surface area contributed by atoms with Crippen molar-refractivity contribution in [3.8, 4) is 11.5 Å². The molecule has 15 heteroatoms. The summed E-state index contributed by atoms with van der Waals surface area (Å²) in [6.07, 6.45) is 1.24. The fourth-order valence-electron chi connectivity index (χ4n) is 3.44. The number of aryl methyl sites for hydroxylation is 1. The molecule has 3 aromatic carbocycles. The number of rotatable bonds is 12. The fourth-order valence-corrected chi connectivity index (χ4v) is 5.76. The van der Waals surface area contributed by atoms with E-state index >= 15 is 0 Å². The average molecular weight is 605 g/mol. The summed E-state index contributed by atoms with van der Waals surface area (Å²) in [5.41, 5.74) is 3.15. The van der Waals surface area contributed by atoms with Crippen molar-refractivity contribution in [1.82, 2.24) is 10.1 Å². The van der Waals surface area contributed by atoms with Crippen molar-refractivity contribution < 1.29 is 35.5 Å². The van der Waals surface area contributed by atoms with Crippen LogP contribution in [0.3, 0.4) is 0 Å². The molecule has 3 aromatic rings. The zero-order chi connectivity index (χ0) is 30.4. The minimum absolute atomic E-state index is 0.000183. The Morgan fingerprint density at radius 2 is 1.66 bits per heavy atom. The molecule has 0 aliphatic carbocycles. The minimum atomic E-state index is -4.43. The lowest BCUT2D eigenvalue weighted by Gasteiger charge is -2.20. The van der Waals surface area contributed by atoms with E-state index in [-0.39, 0.29) is 16.4 Å². The van der Waals surface area contributed by atoms with E-state index in [9.17, 15) is 31.7 Å². The maximum Gasteiger partial charge on any atom is 0.339 e. The second-order valence-corrected chi connectivity index (χ2v) is 12.4. The lowest BCUT2D eigenvalue weighted by atomic mass is 10.1. The topological polar surface area (TPSA) is 183 Å². The summed E-state index contributed by atoms with van der Waals surface area (Å²) in [6, 6.07) is 13.6. The second kappa shape index (κ2) is 12.9. The van der Waals surface area contributed by atoms with Crippen LogP contribution in [0.25, 0.3) is 0 Å². The van der Waals surface area contributed by atoms with E-state index in [1.54, 1.807) is 26.0 Å². The van der Waals surface area contributed by atoms with Gasteiger partial charge in [-0.15, -0.1) is 0 Å². The number of nitrogens with one attached hydrogen (secondary N) is 2. The van der Waals surface area contributed by atoms with E-state index in [0.29, 0.717) is 5.56 Å². The number of amides is 1. The van der Waals surface area contributed by atoms with Gasteiger partial charge in [-0.3, -0.25) is 14.9 Å². The highest BCUT2D eigenvalue weighted by Crippen LogP contribution is 2.31. The normalized spacial score (nSPS) is 12.7. The smallest absolute Gasteiger partial charge is 0.339 e. The molecule has 13 nitrogen and oxygen atoms in total. The van der Waals surface area contributed by atoms with Crippen molar-refractivity contribution >= 4 is 38.0 Å². The molecule has 1 atom stereocenters. The van der Waals surface area contributed by atoms with Gasteiger partial charge in [-0.25, -0.2) is 13.8 Å². The Bertz CT molecular complexity index is 1670. The maximum absolute atomic E-state index is 12.8. The highest BCUT2D eigenvalue weighted by molar-refractivity contribution is 7.89. The number of non-ortho nitro benzene ring substituents is 1. The van der Waals surface area contributed by atoms with Crippen LogP contribution in [0.15, 0.2) is 81.6 Å². The molecule has 0 aliphatic rings. The number of ether oxygens (including phenoxy) is 1. The summed E-state index contributed by atoms with van der Waals surface area (Å²) >= 11 is 0. The van der Waals surface area contributed by atoms with Gasteiger partial charge in [-0.05, 0) is 54.8 Å². The van der Waals surface area contributed by atoms with Crippen LogP contribution in [0, 0.1) is 23.0 Å². The monoisotopic (exact) mass is 604 g/mol. The van der Waals surface area contributed by atoms with Gasteiger partial charge in [0.05, 0.1) is 23.1 Å². The zero-order valence-electron chi connectivity index (χ0n) is 22.5. The van der Waals surface area contributed by atoms with Gasteiger partial charge in [0, 0.05) is 12.1 Å². The van der Waals surface area contributed by atoms with Crippen molar-refractivity contribution in [1.29, 1.82) is 0 Å². The summed E-state index contributed by atoms with van der Waals surface area (Å²) in [4.78, 5) is 22.6. The molecule has 0 fully saturated rings. The molecule has 2 N–H and O–H groups in total.